The van der Waals surface area contributed by atoms with Gasteiger partial charge in [0, 0.05) is 16.7 Å². The first-order chi connectivity index (χ1) is 10.2. The summed E-state index contributed by atoms with van der Waals surface area (Å²) in [5.74, 6) is -0.327. The first kappa shape index (κ1) is 19.1. The van der Waals surface area contributed by atoms with Crippen LogP contribution in [0.4, 0.5) is 5.69 Å². The largest absolute Gasteiger partial charge is 0.325 e. The number of nitrogens with zero attached hydrogens (tertiary/aromatic N) is 1. The van der Waals surface area contributed by atoms with Gasteiger partial charge in [-0.05, 0) is 37.1 Å². The van der Waals surface area contributed by atoms with Crippen LogP contribution in [0, 0.1) is 6.92 Å². The number of nitrogens with one attached hydrogen (secondary N) is 1. The van der Waals surface area contributed by atoms with E-state index >= 15 is 0 Å². The zero-order valence-electron chi connectivity index (χ0n) is 13.2. The molecule has 0 atom stereocenters. The lowest BCUT2D eigenvalue weighted by Crippen LogP contribution is -2.38. The first-order valence-corrected chi connectivity index (χ1v) is 9.89. The second-order valence-electron chi connectivity index (χ2n) is 5.31. The zero-order valence-corrected chi connectivity index (χ0v) is 15.6. The van der Waals surface area contributed by atoms with Crippen molar-refractivity contribution in [3.8, 4) is 0 Å². The summed E-state index contributed by atoms with van der Waals surface area (Å²) in [6, 6.07) is 5.52. The molecule has 5 nitrogen and oxygen atoms in total. The number of unbranched alkanes of at least 4 members (excludes halogenated alkanes) is 2. The third-order valence-electron chi connectivity index (χ3n) is 3.26. The van der Waals surface area contributed by atoms with Gasteiger partial charge in [0.15, 0.2) is 0 Å². The van der Waals surface area contributed by atoms with Gasteiger partial charge in [-0.2, -0.15) is 4.31 Å². The van der Waals surface area contributed by atoms with Gasteiger partial charge in [0.25, 0.3) is 0 Å². The number of anilines is 1. The minimum Gasteiger partial charge on any atom is -0.325 e. The number of benzene rings is 1. The van der Waals surface area contributed by atoms with E-state index < -0.39 is 10.0 Å². The number of carbonyl (C=O) groups is 1. The highest BCUT2D eigenvalue weighted by Crippen LogP contribution is 2.20. The number of aryl methyl sites for hydroxylation is 1. The van der Waals surface area contributed by atoms with Crippen LogP contribution >= 0.6 is 15.9 Å². The van der Waals surface area contributed by atoms with E-state index in [0.717, 1.165) is 35.6 Å². The van der Waals surface area contributed by atoms with Crippen molar-refractivity contribution in [3.05, 3.63) is 28.2 Å². The standard InChI is InChI=1S/C15H23BrN2O3S/c1-4-5-6-9-18(22(3,20)21)11-15(19)17-14-8-7-13(16)10-12(14)2/h7-8,10H,4-6,9,11H2,1-3H3,(H,17,19). The third kappa shape index (κ3) is 6.46. The van der Waals surface area contributed by atoms with E-state index in [2.05, 4.69) is 21.2 Å². The molecule has 0 heterocycles. The lowest BCUT2D eigenvalue weighted by atomic mass is 10.2. The van der Waals surface area contributed by atoms with Crippen LogP contribution in [0.25, 0.3) is 0 Å². The third-order valence-corrected chi connectivity index (χ3v) is 5.01. The smallest absolute Gasteiger partial charge is 0.239 e. The second-order valence-corrected chi connectivity index (χ2v) is 8.21. The number of carbonyl (C=O) groups excluding carboxylic acids is 1. The quantitative estimate of drug-likeness (QED) is 0.693. The molecule has 0 unspecified atom stereocenters. The first-order valence-electron chi connectivity index (χ1n) is 7.25. The van der Waals surface area contributed by atoms with Crippen LogP contribution < -0.4 is 5.32 Å². The molecule has 1 aromatic rings. The Morgan fingerprint density at radius 1 is 1.32 bits per heavy atom. The van der Waals surface area contributed by atoms with E-state index in [1.54, 1.807) is 6.07 Å². The van der Waals surface area contributed by atoms with Gasteiger partial charge in [-0.15, -0.1) is 0 Å². The maximum absolute atomic E-state index is 12.1. The highest BCUT2D eigenvalue weighted by atomic mass is 79.9. The van der Waals surface area contributed by atoms with Crippen LogP contribution in [-0.4, -0.2) is 38.0 Å². The number of sulfonamides is 1. The van der Waals surface area contributed by atoms with E-state index in [1.165, 1.54) is 4.31 Å². The summed E-state index contributed by atoms with van der Waals surface area (Å²) in [6.45, 7) is 4.15. The molecule has 0 aliphatic heterocycles. The Bertz CT molecular complexity index is 617. The van der Waals surface area contributed by atoms with Gasteiger partial charge in [-0.3, -0.25) is 4.79 Å². The van der Waals surface area contributed by atoms with Crippen LogP contribution in [-0.2, 0) is 14.8 Å². The molecule has 0 spiro atoms. The number of halogens is 1. The van der Waals surface area contributed by atoms with E-state index in [-0.39, 0.29) is 12.5 Å². The Kier molecular flexibility index (Phi) is 7.52. The Balaban J connectivity index is 2.70. The van der Waals surface area contributed by atoms with E-state index in [9.17, 15) is 13.2 Å². The number of hydrogen-bond donors (Lipinski definition) is 1. The average Bonchev–Trinajstić information content (AvgIpc) is 2.40. The number of amides is 1. The highest BCUT2D eigenvalue weighted by Gasteiger charge is 2.19. The fourth-order valence-corrected chi connectivity index (χ4v) is 3.31. The molecular formula is C15H23BrN2O3S. The summed E-state index contributed by atoms with van der Waals surface area (Å²) in [4.78, 5) is 12.1. The summed E-state index contributed by atoms with van der Waals surface area (Å²) in [6.07, 6.45) is 3.84. The second kappa shape index (κ2) is 8.64. The van der Waals surface area contributed by atoms with Gasteiger partial charge in [-0.1, -0.05) is 35.7 Å². The molecule has 1 aromatic carbocycles. The lowest BCUT2D eigenvalue weighted by Gasteiger charge is -2.19. The van der Waals surface area contributed by atoms with Crippen molar-refractivity contribution in [2.75, 3.05) is 24.7 Å². The highest BCUT2D eigenvalue weighted by molar-refractivity contribution is 9.10. The van der Waals surface area contributed by atoms with Crippen LogP contribution in [0.15, 0.2) is 22.7 Å². The van der Waals surface area contributed by atoms with Crippen molar-refractivity contribution in [2.24, 2.45) is 0 Å². The van der Waals surface area contributed by atoms with Gasteiger partial charge in [-0.25, -0.2) is 8.42 Å². The maximum Gasteiger partial charge on any atom is 0.239 e. The topological polar surface area (TPSA) is 66.5 Å². The van der Waals surface area contributed by atoms with Crippen molar-refractivity contribution in [1.82, 2.24) is 4.31 Å². The van der Waals surface area contributed by atoms with E-state index in [4.69, 9.17) is 0 Å². The summed E-state index contributed by atoms with van der Waals surface area (Å²) in [5.41, 5.74) is 1.61. The molecular weight excluding hydrogens is 368 g/mol. The van der Waals surface area contributed by atoms with Crippen LogP contribution in [0.1, 0.15) is 31.7 Å². The molecule has 7 heteroatoms. The SMILES string of the molecule is CCCCCN(CC(=O)Nc1ccc(Br)cc1C)S(C)(=O)=O. The van der Waals surface area contributed by atoms with Gasteiger partial charge < -0.3 is 5.32 Å². The zero-order chi connectivity index (χ0) is 16.8. The molecule has 0 radical (unpaired) electrons. The summed E-state index contributed by atoms with van der Waals surface area (Å²) >= 11 is 3.36. The number of hydrogen-bond acceptors (Lipinski definition) is 3. The fraction of sp³-hybridized carbons (Fsp3) is 0.533. The molecule has 22 heavy (non-hydrogen) atoms. The minimum atomic E-state index is -3.38. The van der Waals surface area contributed by atoms with Crippen molar-refractivity contribution in [3.63, 3.8) is 0 Å². The van der Waals surface area contributed by atoms with Gasteiger partial charge in [0.2, 0.25) is 15.9 Å². The van der Waals surface area contributed by atoms with E-state index in [1.807, 2.05) is 26.0 Å². The summed E-state index contributed by atoms with van der Waals surface area (Å²) in [7, 11) is -3.38. The predicted octanol–water partition coefficient (Wildman–Crippen LogP) is 3.15. The van der Waals surface area contributed by atoms with E-state index in [0.29, 0.717) is 12.2 Å². The van der Waals surface area contributed by atoms with Crippen molar-refractivity contribution in [1.29, 1.82) is 0 Å². The van der Waals surface area contributed by atoms with Crippen LogP contribution in [0.3, 0.4) is 0 Å². The molecule has 1 N–H and O–H groups in total. The Hall–Kier alpha value is -0.920. The Labute approximate surface area is 141 Å². The molecule has 124 valence electrons. The lowest BCUT2D eigenvalue weighted by molar-refractivity contribution is -0.116. The van der Waals surface area contributed by atoms with Gasteiger partial charge in [0.1, 0.15) is 0 Å². The normalized spacial score (nSPS) is 11.7. The van der Waals surface area contributed by atoms with Crippen LogP contribution in [0.5, 0.6) is 0 Å². The Morgan fingerprint density at radius 3 is 2.55 bits per heavy atom. The molecule has 0 saturated carbocycles. The van der Waals surface area contributed by atoms with Crippen molar-refractivity contribution >= 4 is 37.5 Å². The minimum absolute atomic E-state index is 0.155. The molecule has 0 aliphatic rings. The molecule has 0 bridgehead atoms. The molecule has 0 aromatic heterocycles. The summed E-state index contributed by atoms with van der Waals surface area (Å²) < 4.78 is 25.7. The fourth-order valence-electron chi connectivity index (χ4n) is 2.02. The molecule has 1 rings (SSSR count). The van der Waals surface area contributed by atoms with Crippen molar-refractivity contribution in [2.45, 2.75) is 33.1 Å². The molecule has 0 saturated heterocycles. The average molecular weight is 391 g/mol. The van der Waals surface area contributed by atoms with Crippen LogP contribution in [0.2, 0.25) is 0 Å². The molecule has 0 aliphatic carbocycles. The number of rotatable bonds is 8. The Morgan fingerprint density at radius 2 is 2.00 bits per heavy atom. The molecule has 1 amide bonds. The summed E-state index contributed by atoms with van der Waals surface area (Å²) in [5, 5.41) is 2.76. The monoisotopic (exact) mass is 390 g/mol. The van der Waals surface area contributed by atoms with Crippen molar-refractivity contribution < 1.29 is 13.2 Å². The van der Waals surface area contributed by atoms with Gasteiger partial charge >= 0.3 is 0 Å². The predicted molar refractivity (Wildman–Crippen MR) is 93.5 cm³/mol. The van der Waals surface area contributed by atoms with Gasteiger partial charge in [0.05, 0.1) is 12.8 Å². The molecule has 0 fully saturated rings. The maximum atomic E-state index is 12.1.